The van der Waals surface area contributed by atoms with Crippen LogP contribution in [0.3, 0.4) is 0 Å². The Hall–Kier alpha value is -0.760. The Morgan fingerprint density at radius 1 is 1.38 bits per heavy atom. The number of alkyl halides is 1. The van der Waals surface area contributed by atoms with Gasteiger partial charge in [-0.2, -0.15) is 0 Å². The first-order valence-electron chi connectivity index (χ1n) is 5.84. The Bertz CT molecular complexity index is 378. The van der Waals surface area contributed by atoms with Crippen molar-refractivity contribution in [2.45, 2.75) is 46.6 Å². The number of Topliss-reactive ketones (excluding diaryl/α,β-unsaturated/α-hetero) is 1. The summed E-state index contributed by atoms with van der Waals surface area (Å²) >= 11 is 5.61. The minimum absolute atomic E-state index is 0.0203. The average molecular weight is 242 g/mol. The monoisotopic (exact) mass is 241 g/mol. The molecule has 0 fully saturated rings. The number of halogens is 1. The summed E-state index contributed by atoms with van der Waals surface area (Å²) in [5.74, 6) is 0.0831. The summed E-state index contributed by atoms with van der Waals surface area (Å²) in [4.78, 5) is 11.7. The van der Waals surface area contributed by atoms with Gasteiger partial charge in [0, 0.05) is 23.0 Å². The van der Waals surface area contributed by atoms with Gasteiger partial charge < -0.3 is 4.57 Å². The number of hydrogen-bond donors (Lipinski definition) is 0. The van der Waals surface area contributed by atoms with Gasteiger partial charge in [-0.15, -0.1) is 11.6 Å². The molecule has 0 aliphatic rings. The van der Waals surface area contributed by atoms with Crippen molar-refractivity contribution in [1.82, 2.24) is 4.57 Å². The predicted molar refractivity (Wildman–Crippen MR) is 68.6 cm³/mol. The first-order chi connectivity index (χ1) is 7.56. The third-order valence-electron chi connectivity index (χ3n) is 3.21. The summed E-state index contributed by atoms with van der Waals surface area (Å²) < 4.78 is 2.26. The molecular formula is C13H20ClNO. The summed E-state index contributed by atoms with van der Waals surface area (Å²) in [5.41, 5.74) is 2.98. The predicted octanol–water partition coefficient (Wildman–Crippen LogP) is 3.89. The van der Waals surface area contributed by atoms with Crippen LogP contribution < -0.4 is 0 Å². The molecule has 0 amide bonds. The van der Waals surface area contributed by atoms with Gasteiger partial charge in [0.25, 0.3) is 0 Å². The molecule has 1 rings (SSSR count). The Morgan fingerprint density at radius 3 is 2.38 bits per heavy atom. The molecule has 1 heterocycles. The van der Waals surface area contributed by atoms with E-state index < -0.39 is 0 Å². The molecule has 2 nitrogen and oxygen atoms in total. The summed E-state index contributed by atoms with van der Waals surface area (Å²) in [6.45, 7) is 8.41. The standard InChI is InChI=1S/C13H20ClNO/c1-5-11(6-2)15-9(3)7-12(10(15)4)13(16)8-14/h7,11H,5-6,8H2,1-4H3. The molecular weight excluding hydrogens is 222 g/mol. The Kier molecular flexibility index (Phi) is 4.60. The van der Waals surface area contributed by atoms with Gasteiger partial charge in [-0.1, -0.05) is 13.8 Å². The average Bonchev–Trinajstić information content (AvgIpc) is 2.57. The van der Waals surface area contributed by atoms with Crippen LogP contribution in [0, 0.1) is 13.8 Å². The maximum absolute atomic E-state index is 11.7. The second-order valence-corrected chi connectivity index (χ2v) is 4.45. The number of aryl methyl sites for hydroxylation is 1. The maximum atomic E-state index is 11.7. The first kappa shape index (κ1) is 13.3. The van der Waals surface area contributed by atoms with Gasteiger partial charge in [-0.05, 0) is 32.8 Å². The highest BCUT2D eigenvalue weighted by Gasteiger charge is 2.18. The topological polar surface area (TPSA) is 22.0 Å². The fourth-order valence-corrected chi connectivity index (χ4v) is 2.49. The third kappa shape index (κ3) is 2.32. The second-order valence-electron chi connectivity index (χ2n) is 4.18. The highest BCUT2D eigenvalue weighted by molar-refractivity contribution is 6.30. The van der Waals surface area contributed by atoms with Crippen molar-refractivity contribution in [2.24, 2.45) is 0 Å². The maximum Gasteiger partial charge on any atom is 0.179 e. The zero-order chi connectivity index (χ0) is 12.3. The minimum atomic E-state index is 0.0203. The van der Waals surface area contributed by atoms with Crippen LogP contribution in [0.4, 0.5) is 0 Å². The zero-order valence-electron chi connectivity index (χ0n) is 10.5. The highest BCUT2D eigenvalue weighted by atomic mass is 35.5. The van der Waals surface area contributed by atoms with Crippen LogP contribution in [0.2, 0.25) is 0 Å². The van der Waals surface area contributed by atoms with Crippen LogP contribution in [0.25, 0.3) is 0 Å². The normalized spacial score (nSPS) is 11.1. The van der Waals surface area contributed by atoms with Crippen molar-refractivity contribution in [3.63, 3.8) is 0 Å². The second kappa shape index (κ2) is 5.53. The Morgan fingerprint density at radius 2 is 1.94 bits per heavy atom. The molecule has 0 N–H and O–H groups in total. The van der Waals surface area contributed by atoms with E-state index in [0.29, 0.717) is 6.04 Å². The van der Waals surface area contributed by atoms with Crippen molar-refractivity contribution in [3.05, 3.63) is 23.0 Å². The van der Waals surface area contributed by atoms with Gasteiger partial charge >= 0.3 is 0 Å². The molecule has 1 aromatic heterocycles. The van der Waals surface area contributed by atoms with E-state index in [9.17, 15) is 4.79 Å². The lowest BCUT2D eigenvalue weighted by Gasteiger charge is -2.19. The van der Waals surface area contributed by atoms with Crippen molar-refractivity contribution in [3.8, 4) is 0 Å². The molecule has 0 saturated carbocycles. The van der Waals surface area contributed by atoms with Crippen LogP contribution in [-0.4, -0.2) is 16.2 Å². The third-order valence-corrected chi connectivity index (χ3v) is 3.46. The van der Waals surface area contributed by atoms with Crippen LogP contribution in [-0.2, 0) is 0 Å². The molecule has 0 aliphatic carbocycles. The molecule has 3 heteroatoms. The molecule has 90 valence electrons. The molecule has 0 radical (unpaired) electrons. The lowest BCUT2D eigenvalue weighted by Crippen LogP contribution is -2.11. The van der Waals surface area contributed by atoms with E-state index >= 15 is 0 Å². The SMILES string of the molecule is CCC(CC)n1c(C)cc(C(=O)CCl)c1C. The molecule has 16 heavy (non-hydrogen) atoms. The summed E-state index contributed by atoms with van der Waals surface area (Å²) in [6.07, 6.45) is 2.17. The summed E-state index contributed by atoms with van der Waals surface area (Å²) in [6, 6.07) is 2.44. The zero-order valence-corrected chi connectivity index (χ0v) is 11.3. The molecule has 1 aromatic rings. The van der Waals surface area contributed by atoms with E-state index in [4.69, 9.17) is 11.6 Å². The molecule has 0 unspecified atom stereocenters. The van der Waals surface area contributed by atoms with Gasteiger partial charge in [0.1, 0.15) is 0 Å². The van der Waals surface area contributed by atoms with E-state index in [1.54, 1.807) is 0 Å². The quantitative estimate of drug-likeness (QED) is 0.566. The molecule has 0 aromatic carbocycles. The Labute approximate surface area is 103 Å². The number of aromatic nitrogens is 1. The lowest BCUT2D eigenvalue weighted by molar-refractivity contribution is 0.102. The highest BCUT2D eigenvalue weighted by Crippen LogP contribution is 2.25. The van der Waals surface area contributed by atoms with Crippen molar-refractivity contribution < 1.29 is 4.79 Å². The van der Waals surface area contributed by atoms with Gasteiger partial charge in [-0.3, -0.25) is 4.79 Å². The van der Waals surface area contributed by atoms with Crippen molar-refractivity contribution in [2.75, 3.05) is 5.88 Å². The first-order valence-corrected chi connectivity index (χ1v) is 6.37. The summed E-state index contributed by atoms with van der Waals surface area (Å²) in [7, 11) is 0. The fourth-order valence-electron chi connectivity index (χ4n) is 2.35. The van der Waals surface area contributed by atoms with E-state index in [1.807, 2.05) is 13.0 Å². The minimum Gasteiger partial charge on any atom is -0.345 e. The Balaban J connectivity index is 3.21. The van der Waals surface area contributed by atoms with Gasteiger partial charge in [-0.25, -0.2) is 0 Å². The number of carbonyl (C=O) groups excluding carboxylic acids is 1. The molecule has 0 aliphatic heterocycles. The smallest absolute Gasteiger partial charge is 0.179 e. The molecule has 0 saturated heterocycles. The molecule has 0 bridgehead atoms. The number of carbonyl (C=O) groups is 1. The molecule has 0 spiro atoms. The van der Waals surface area contributed by atoms with E-state index in [1.165, 1.54) is 0 Å². The van der Waals surface area contributed by atoms with Crippen LogP contribution >= 0.6 is 11.6 Å². The van der Waals surface area contributed by atoms with E-state index in [0.717, 1.165) is 29.8 Å². The summed E-state index contributed by atoms with van der Waals surface area (Å²) in [5, 5.41) is 0. The van der Waals surface area contributed by atoms with E-state index in [2.05, 4.69) is 25.3 Å². The number of rotatable bonds is 5. The van der Waals surface area contributed by atoms with Crippen LogP contribution in [0.15, 0.2) is 6.07 Å². The van der Waals surface area contributed by atoms with Crippen molar-refractivity contribution >= 4 is 17.4 Å². The van der Waals surface area contributed by atoms with Crippen molar-refractivity contribution in [1.29, 1.82) is 0 Å². The number of hydrogen-bond acceptors (Lipinski definition) is 1. The number of ketones is 1. The fraction of sp³-hybridized carbons (Fsp3) is 0.615. The van der Waals surface area contributed by atoms with Gasteiger partial charge in [0.2, 0.25) is 0 Å². The largest absolute Gasteiger partial charge is 0.345 e. The van der Waals surface area contributed by atoms with Crippen LogP contribution in [0.1, 0.15) is 54.5 Å². The lowest BCUT2D eigenvalue weighted by atomic mass is 10.1. The number of nitrogens with zero attached hydrogens (tertiary/aromatic N) is 1. The molecule has 0 atom stereocenters. The van der Waals surface area contributed by atoms with Crippen LogP contribution in [0.5, 0.6) is 0 Å². The van der Waals surface area contributed by atoms with Gasteiger partial charge in [0.05, 0.1) is 5.88 Å². The van der Waals surface area contributed by atoms with E-state index in [-0.39, 0.29) is 11.7 Å². The van der Waals surface area contributed by atoms with Gasteiger partial charge in [0.15, 0.2) is 5.78 Å².